The predicted octanol–water partition coefficient (Wildman–Crippen LogP) is 3.28. The minimum Gasteiger partial charge on any atom is -0.377 e. The summed E-state index contributed by atoms with van der Waals surface area (Å²) >= 11 is 0. The number of likely N-dealkylation sites (N-methyl/N-ethyl adjacent to an activating group) is 1. The van der Waals surface area contributed by atoms with E-state index in [1.165, 1.54) is 25.7 Å². The van der Waals surface area contributed by atoms with Gasteiger partial charge in [-0.05, 0) is 45.6 Å². The van der Waals surface area contributed by atoms with E-state index in [0.717, 1.165) is 13.0 Å². The second kappa shape index (κ2) is 6.41. The van der Waals surface area contributed by atoms with Gasteiger partial charge in [-0.3, -0.25) is 0 Å². The lowest BCUT2D eigenvalue weighted by atomic mass is 9.82. The van der Waals surface area contributed by atoms with Crippen molar-refractivity contribution in [1.29, 1.82) is 0 Å². The van der Waals surface area contributed by atoms with Gasteiger partial charge in [-0.1, -0.05) is 25.5 Å². The van der Waals surface area contributed by atoms with Crippen LogP contribution in [-0.2, 0) is 4.74 Å². The predicted molar refractivity (Wildman–Crippen MR) is 69.7 cm³/mol. The van der Waals surface area contributed by atoms with Gasteiger partial charge in [0.25, 0.3) is 0 Å². The van der Waals surface area contributed by atoms with E-state index in [1.54, 1.807) is 5.57 Å². The summed E-state index contributed by atoms with van der Waals surface area (Å²) in [5.41, 5.74) is 1.48. The molecule has 0 aromatic heterocycles. The average molecular weight is 225 g/mol. The number of nitrogens with one attached hydrogen (secondary N) is 1. The summed E-state index contributed by atoms with van der Waals surface area (Å²) < 4.78 is 5.75. The Balaban J connectivity index is 2.83. The van der Waals surface area contributed by atoms with Gasteiger partial charge in [-0.15, -0.1) is 0 Å². The smallest absolute Gasteiger partial charge is 0.0838 e. The van der Waals surface area contributed by atoms with Crippen LogP contribution in [0, 0.1) is 0 Å². The molecule has 2 atom stereocenters. The maximum absolute atomic E-state index is 5.75. The Bertz CT molecular complexity index is 231. The first-order valence-electron chi connectivity index (χ1n) is 6.65. The molecule has 0 amide bonds. The number of hydrogen-bond donors (Lipinski definition) is 1. The molecular weight excluding hydrogens is 198 g/mol. The van der Waals surface area contributed by atoms with Crippen molar-refractivity contribution in [3.8, 4) is 0 Å². The Labute approximate surface area is 100 Å². The zero-order valence-electron chi connectivity index (χ0n) is 11.3. The monoisotopic (exact) mass is 225 g/mol. The lowest BCUT2D eigenvalue weighted by molar-refractivity contribution is -0.0198. The summed E-state index contributed by atoms with van der Waals surface area (Å²) in [5.74, 6) is 0. The maximum Gasteiger partial charge on any atom is 0.0838 e. The molecule has 2 unspecified atom stereocenters. The summed E-state index contributed by atoms with van der Waals surface area (Å²) in [6.07, 6.45) is 8.61. The summed E-state index contributed by atoms with van der Waals surface area (Å²) in [7, 11) is 1.83. The molecule has 0 radical (unpaired) electrons. The van der Waals surface area contributed by atoms with E-state index < -0.39 is 0 Å². The van der Waals surface area contributed by atoms with Crippen molar-refractivity contribution in [2.45, 2.75) is 64.5 Å². The van der Waals surface area contributed by atoms with Crippen molar-refractivity contribution < 1.29 is 4.74 Å². The van der Waals surface area contributed by atoms with Crippen LogP contribution >= 0.6 is 0 Å². The topological polar surface area (TPSA) is 21.3 Å². The van der Waals surface area contributed by atoms with Gasteiger partial charge in [0.05, 0.1) is 11.6 Å². The van der Waals surface area contributed by atoms with Crippen LogP contribution in [0.1, 0.15) is 52.9 Å². The highest BCUT2D eigenvalue weighted by molar-refractivity contribution is 5.18. The quantitative estimate of drug-likeness (QED) is 0.700. The molecule has 1 N–H and O–H groups in total. The fourth-order valence-electron chi connectivity index (χ4n) is 2.53. The highest BCUT2D eigenvalue weighted by Crippen LogP contribution is 2.30. The van der Waals surface area contributed by atoms with Crippen LogP contribution in [0.25, 0.3) is 0 Å². The molecule has 0 aliphatic heterocycles. The SMILES string of the molecule is CCNC(C1=CCCCC1)C(C)(CC)OC. The Morgan fingerprint density at radius 1 is 1.44 bits per heavy atom. The van der Waals surface area contributed by atoms with Crippen LogP contribution in [-0.4, -0.2) is 25.3 Å². The van der Waals surface area contributed by atoms with Gasteiger partial charge in [0, 0.05) is 7.11 Å². The molecular formula is C14H27NO. The molecule has 94 valence electrons. The van der Waals surface area contributed by atoms with Gasteiger partial charge in [-0.2, -0.15) is 0 Å². The van der Waals surface area contributed by atoms with E-state index in [9.17, 15) is 0 Å². The van der Waals surface area contributed by atoms with E-state index in [0.29, 0.717) is 6.04 Å². The zero-order valence-corrected chi connectivity index (χ0v) is 11.3. The Kier molecular flexibility index (Phi) is 5.50. The lowest BCUT2D eigenvalue weighted by Crippen LogP contribution is -2.51. The summed E-state index contributed by atoms with van der Waals surface area (Å²) in [5, 5.41) is 3.60. The van der Waals surface area contributed by atoms with Crippen molar-refractivity contribution in [2.75, 3.05) is 13.7 Å². The lowest BCUT2D eigenvalue weighted by Gasteiger charge is -2.39. The molecule has 0 spiro atoms. The van der Waals surface area contributed by atoms with E-state index in [4.69, 9.17) is 4.74 Å². The van der Waals surface area contributed by atoms with Gasteiger partial charge >= 0.3 is 0 Å². The van der Waals surface area contributed by atoms with E-state index in [1.807, 2.05) is 7.11 Å². The second-order valence-electron chi connectivity index (χ2n) is 4.89. The van der Waals surface area contributed by atoms with Crippen molar-refractivity contribution in [1.82, 2.24) is 5.32 Å². The first-order valence-corrected chi connectivity index (χ1v) is 6.65. The molecule has 2 heteroatoms. The number of methoxy groups -OCH3 is 1. The summed E-state index contributed by atoms with van der Waals surface area (Å²) in [4.78, 5) is 0. The molecule has 0 heterocycles. The minimum absolute atomic E-state index is 0.0703. The number of rotatable bonds is 6. The molecule has 0 saturated heterocycles. The van der Waals surface area contributed by atoms with Crippen LogP contribution in [0.2, 0.25) is 0 Å². The maximum atomic E-state index is 5.75. The standard InChI is InChI=1S/C14H27NO/c1-5-14(3,16-4)13(15-6-2)12-10-8-7-9-11-12/h10,13,15H,5-9,11H2,1-4H3. The van der Waals surface area contributed by atoms with Crippen LogP contribution in [0.15, 0.2) is 11.6 Å². The molecule has 0 fully saturated rings. The number of ether oxygens (including phenoxy) is 1. The van der Waals surface area contributed by atoms with E-state index in [2.05, 4.69) is 32.2 Å². The summed E-state index contributed by atoms with van der Waals surface area (Å²) in [6.45, 7) is 7.59. The first-order chi connectivity index (χ1) is 7.68. The third-order valence-corrected chi connectivity index (χ3v) is 3.88. The number of allylic oxidation sites excluding steroid dienone is 1. The first kappa shape index (κ1) is 13.7. The second-order valence-corrected chi connectivity index (χ2v) is 4.89. The highest BCUT2D eigenvalue weighted by atomic mass is 16.5. The van der Waals surface area contributed by atoms with Gasteiger partial charge < -0.3 is 10.1 Å². The fraction of sp³-hybridized carbons (Fsp3) is 0.857. The normalized spacial score (nSPS) is 22.4. The Hall–Kier alpha value is -0.340. The van der Waals surface area contributed by atoms with Crippen LogP contribution in [0.4, 0.5) is 0 Å². The number of hydrogen-bond acceptors (Lipinski definition) is 2. The molecule has 0 aromatic rings. The molecule has 1 rings (SSSR count). The molecule has 0 aromatic carbocycles. The van der Waals surface area contributed by atoms with E-state index >= 15 is 0 Å². The van der Waals surface area contributed by atoms with Crippen LogP contribution in [0.3, 0.4) is 0 Å². The fourth-order valence-corrected chi connectivity index (χ4v) is 2.53. The summed E-state index contributed by atoms with van der Waals surface area (Å²) in [6, 6.07) is 0.382. The van der Waals surface area contributed by atoms with Crippen LogP contribution in [0.5, 0.6) is 0 Å². The van der Waals surface area contributed by atoms with Gasteiger partial charge in [0.15, 0.2) is 0 Å². The van der Waals surface area contributed by atoms with Crippen molar-refractivity contribution in [3.63, 3.8) is 0 Å². The van der Waals surface area contributed by atoms with E-state index in [-0.39, 0.29) is 5.60 Å². The van der Waals surface area contributed by atoms with Crippen molar-refractivity contribution >= 4 is 0 Å². The molecule has 1 aliphatic rings. The van der Waals surface area contributed by atoms with Crippen LogP contribution < -0.4 is 5.32 Å². The zero-order chi connectivity index (χ0) is 12.0. The highest BCUT2D eigenvalue weighted by Gasteiger charge is 2.34. The van der Waals surface area contributed by atoms with Gasteiger partial charge in [0.1, 0.15) is 0 Å². The third kappa shape index (κ3) is 3.08. The molecule has 2 nitrogen and oxygen atoms in total. The third-order valence-electron chi connectivity index (χ3n) is 3.88. The van der Waals surface area contributed by atoms with Crippen molar-refractivity contribution in [3.05, 3.63) is 11.6 Å². The molecule has 1 aliphatic carbocycles. The Morgan fingerprint density at radius 2 is 2.19 bits per heavy atom. The molecule has 0 saturated carbocycles. The van der Waals surface area contributed by atoms with Gasteiger partial charge in [0.2, 0.25) is 0 Å². The van der Waals surface area contributed by atoms with Crippen molar-refractivity contribution in [2.24, 2.45) is 0 Å². The average Bonchev–Trinajstić information content (AvgIpc) is 2.36. The molecule has 16 heavy (non-hydrogen) atoms. The molecule has 0 bridgehead atoms. The van der Waals surface area contributed by atoms with Gasteiger partial charge in [-0.25, -0.2) is 0 Å². The Morgan fingerprint density at radius 3 is 2.62 bits per heavy atom. The largest absolute Gasteiger partial charge is 0.377 e. The minimum atomic E-state index is -0.0703.